The van der Waals surface area contributed by atoms with Crippen molar-refractivity contribution in [3.05, 3.63) is 49.5 Å². The minimum Gasteiger partial charge on any atom is -0.477 e. The molecule has 0 unspecified atom stereocenters. The van der Waals surface area contributed by atoms with E-state index in [0.29, 0.717) is 5.69 Å². The maximum atomic E-state index is 13.3. The van der Waals surface area contributed by atoms with Crippen molar-refractivity contribution >= 4 is 51.8 Å². The molecule has 2 aromatic rings. The summed E-state index contributed by atoms with van der Waals surface area (Å²) in [5.74, 6) is -1.81. The first-order valence-electron chi connectivity index (χ1n) is 4.66. The quantitative estimate of drug-likeness (QED) is 0.606. The summed E-state index contributed by atoms with van der Waals surface area (Å²) in [5, 5.41) is 8.76. The molecule has 0 atom stereocenters. The molecule has 0 spiro atoms. The third-order valence-electron chi connectivity index (χ3n) is 2.25. The van der Waals surface area contributed by atoms with Crippen LogP contribution in [-0.2, 0) is 0 Å². The molecule has 0 fully saturated rings. The highest BCUT2D eigenvalue weighted by atomic mass is 127. The lowest BCUT2D eigenvalue weighted by Crippen LogP contribution is -2.05. The lowest BCUT2D eigenvalue weighted by molar-refractivity contribution is 0.0688. The van der Waals surface area contributed by atoms with Gasteiger partial charge in [-0.25, -0.2) is 9.18 Å². The fourth-order valence-electron chi connectivity index (χ4n) is 1.49. The van der Waals surface area contributed by atoms with Crippen molar-refractivity contribution in [1.29, 1.82) is 0 Å². The maximum Gasteiger partial charge on any atom is 0.352 e. The van der Waals surface area contributed by atoms with Crippen molar-refractivity contribution in [2.75, 3.05) is 0 Å². The molecule has 1 heterocycles. The third kappa shape index (κ3) is 2.48. The van der Waals surface area contributed by atoms with Crippen molar-refractivity contribution in [2.24, 2.45) is 0 Å². The molecule has 0 aliphatic carbocycles. The Morgan fingerprint density at radius 3 is 2.33 bits per heavy atom. The number of benzene rings is 1. The molecule has 1 aromatic carbocycles. The van der Waals surface area contributed by atoms with Crippen LogP contribution in [0.1, 0.15) is 10.5 Å². The van der Waals surface area contributed by atoms with Crippen molar-refractivity contribution in [2.45, 2.75) is 0 Å². The molecule has 0 aliphatic rings. The molecule has 94 valence electrons. The predicted octanol–water partition coefficient (Wildman–Crippen LogP) is 4.23. The van der Waals surface area contributed by atoms with E-state index >= 15 is 0 Å². The number of aromatic carboxylic acids is 1. The van der Waals surface area contributed by atoms with Crippen LogP contribution in [0.5, 0.6) is 0 Å². The summed E-state index contributed by atoms with van der Waals surface area (Å²) >= 11 is 13.4. The Morgan fingerprint density at radius 1 is 1.28 bits per heavy atom. The SMILES string of the molecule is O=C(O)c1cc(I)cn1-c1cc(Cl)c(F)c(Cl)c1. The van der Waals surface area contributed by atoms with Crippen molar-refractivity contribution in [3.8, 4) is 5.69 Å². The molecule has 0 aliphatic heterocycles. The second kappa shape index (κ2) is 5.07. The Balaban J connectivity index is 2.65. The normalized spacial score (nSPS) is 10.7. The standard InChI is InChI=1S/C11H5Cl2FINO2/c12-7-2-6(3-8(13)10(7)14)16-4-5(15)1-9(16)11(17)18/h1-4H,(H,17,18). The average Bonchev–Trinajstić information content (AvgIpc) is 2.67. The van der Waals surface area contributed by atoms with Gasteiger partial charge in [0.25, 0.3) is 0 Å². The van der Waals surface area contributed by atoms with E-state index in [9.17, 15) is 9.18 Å². The second-order valence-corrected chi connectivity index (χ2v) is 5.50. The maximum absolute atomic E-state index is 13.3. The van der Waals surface area contributed by atoms with Gasteiger partial charge in [-0.2, -0.15) is 0 Å². The summed E-state index contributed by atoms with van der Waals surface area (Å²) in [5.41, 5.74) is 0.449. The van der Waals surface area contributed by atoms with Crippen LogP contribution in [0.4, 0.5) is 4.39 Å². The van der Waals surface area contributed by atoms with Crippen molar-refractivity contribution < 1.29 is 14.3 Å². The van der Waals surface area contributed by atoms with E-state index in [1.54, 1.807) is 6.20 Å². The zero-order chi connectivity index (χ0) is 13.4. The van der Waals surface area contributed by atoms with Gasteiger partial charge in [0.05, 0.1) is 10.0 Å². The van der Waals surface area contributed by atoms with Crippen LogP contribution in [0, 0.1) is 9.39 Å². The van der Waals surface area contributed by atoms with Gasteiger partial charge in [-0.3, -0.25) is 0 Å². The highest BCUT2D eigenvalue weighted by Gasteiger charge is 2.15. The van der Waals surface area contributed by atoms with Gasteiger partial charge in [-0.15, -0.1) is 0 Å². The minimum atomic E-state index is -1.09. The molecular formula is C11H5Cl2FINO2. The van der Waals surface area contributed by atoms with Crippen molar-refractivity contribution in [3.63, 3.8) is 0 Å². The van der Waals surface area contributed by atoms with E-state index in [-0.39, 0.29) is 15.7 Å². The van der Waals surface area contributed by atoms with Gasteiger partial charge >= 0.3 is 5.97 Å². The van der Waals surface area contributed by atoms with Gasteiger partial charge < -0.3 is 9.67 Å². The average molecular weight is 400 g/mol. The number of hydrogen-bond donors (Lipinski definition) is 1. The van der Waals surface area contributed by atoms with Crippen molar-refractivity contribution in [1.82, 2.24) is 4.57 Å². The Labute approximate surface area is 125 Å². The van der Waals surface area contributed by atoms with Gasteiger partial charge in [0.15, 0.2) is 5.82 Å². The summed E-state index contributed by atoms with van der Waals surface area (Å²) in [7, 11) is 0. The van der Waals surface area contributed by atoms with Crippen LogP contribution >= 0.6 is 45.8 Å². The molecule has 1 aromatic heterocycles. The summed E-state index contributed by atoms with van der Waals surface area (Å²) in [6.45, 7) is 0. The topological polar surface area (TPSA) is 42.2 Å². The second-order valence-electron chi connectivity index (χ2n) is 3.44. The van der Waals surface area contributed by atoms with Gasteiger partial charge in [0.2, 0.25) is 0 Å². The van der Waals surface area contributed by atoms with E-state index in [0.717, 1.165) is 3.57 Å². The van der Waals surface area contributed by atoms with E-state index < -0.39 is 11.8 Å². The molecule has 18 heavy (non-hydrogen) atoms. The van der Waals surface area contributed by atoms with E-state index in [4.69, 9.17) is 28.3 Å². The van der Waals surface area contributed by atoms with E-state index in [2.05, 4.69) is 0 Å². The summed E-state index contributed by atoms with van der Waals surface area (Å²) in [6.07, 6.45) is 1.60. The number of rotatable bonds is 2. The lowest BCUT2D eigenvalue weighted by Gasteiger charge is -2.08. The van der Waals surface area contributed by atoms with Crippen LogP contribution in [0.15, 0.2) is 24.4 Å². The monoisotopic (exact) mass is 399 g/mol. The number of nitrogens with zero attached hydrogens (tertiary/aromatic N) is 1. The number of aromatic nitrogens is 1. The van der Waals surface area contributed by atoms with E-state index in [1.165, 1.54) is 22.8 Å². The first kappa shape index (κ1) is 13.6. The predicted molar refractivity (Wildman–Crippen MR) is 75.4 cm³/mol. The molecule has 0 bridgehead atoms. The molecule has 3 nitrogen and oxygen atoms in total. The molecule has 7 heteroatoms. The first-order valence-corrected chi connectivity index (χ1v) is 6.49. The van der Waals surface area contributed by atoms with Gasteiger partial charge in [0.1, 0.15) is 5.69 Å². The molecule has 0 saturated carbocycles. The summed E-state index contributed by atoms with van der Waals surface area (Å²) < 4.78 is 15.4. The number of carboxylic acid groups (broad SMARTS) is 1. The minimum absolute atomic E-state index is 0.0538. The number of carboxylic acids is 1. The zero-order valence-electron chi connectivity index (χ0n) is 8.62. The molecular weight excluding hydrogens is 395 g/mol. The summed E-state index contributed by atoms with van der Waals surface area (Å²) in [6, 6.07) is 4.14. The molecule has 1 N–H and O–H groups in total. The lowest BCUT2D eigenvalue weighted by atomic mass is 10.3. The van der Waals surface area contributed by atoms with Crippen LogP contribution in [-0.4, -0.2) is 15.6 Å². The Bertz CT molecular complexity index is 619. The Hall–Kier alpha value is -0.790. The fraction of sp³-hybridized carbons (Fsp3) is 0. The van der Waals surface area contributed by atoms with E-state index in [1.807, 2.05) is 22.6 Å². The van der Waals surface area contributed by atoms with Crippen LogP contribution in [0.2, 0.25) is 10.0 Å². The van der Waals surface area contributed by atoms with Gasteiger partial charge in [-0.05, 0) is 40.8 Å². The van der Waals surface area contributed by atoms with Gasteiger partial charge in [0, 0.05) is 15.5 Å². The molecule has 2 rings (SSSR count). The number of halogens is 4. The molecule has 0 radical (unpaired) electrons. The fourth-order valence-corrected chi connectivity index (χ4v) is 2.54. The van der Waals surface area contributed by atoms with Crippen LogP contribution in [0.25, 0.3) is 5.69 Å². The number of carbonyl (C=O) groups is 1. The molecule has 0 saturated heterocycles. The highest BCUT2D eigenvalue weighted by molar-refractivity contribution is 14.1. The van der Waals surface area contributed by atoms with Gasteiger partial charge in [-0.1, -0.05) is 23.2 Å². The summed E-state index contributed by atoms with van der Waals surface area (Å²) in [4.78, 5) is 11.1. The third-order valence-corrected chi connectivity index (χ3v) is 3.39. The smallest absolute Gasteiger partial charge is 0.352 e. The first-order chi connectivity index (χ1) is 8.40. The number of hydrogen-bond acceptors (Lipinski definition) is 1. The van der Waals surface area contributed by atoms with Crippen LogP contribution < -0.4 is 0 Å². The largest absolute Gasteiger partial charge is 0.477 e. The highest BCUT2D eigenvalue weighted by Crippen LogP contribution is 2.28. The Morgan fingerprint density at radius 2 is 1.83 bits per heavy atom. The molecule has 0 amide bonds. The Kier molecular flexibility index (Phi) is 3.84. The zero-order valence-corrected chi connectivity index (χ0v) is 12.3. The van der Waals surface area contributed by atoms with Crippen LogP contribution in [0.3, 0.4) is 0 Å².